The molecule has 1 atom stereocenters. The Morgan fingerprint density at radius 1 is 0.938 bits per heavy atom. The van der Waals surface area contributed by atoms with Crippen LogP contribution in [0.3, 0.4) is 0 Å². The number of nitrogens with zero attached hydrogens (tertiary/aromatic N) is 2. The van der Waals surface area contributed by atoms with E-state index in [4.69, 9.17) is 9.47 Å². The Balaban J connectivity index is 1.78. The molecule has 174 valence electrons. The minimum absolute atomic E-state index is 0.0378. The maximum Gasteiger partial charge on any atom is 0.222 e. The average Bonchev–Trinajstić information content (AvgIpc) is 2.79. The molecule has 1 aliphatic rings. The minimum Gasteiger partial charge on any atom is -0.497 e. The summed E-state index contributed by atoms with van der Waals surface area (Å²) in [5.41, 5.74) is 1.73. The van der Waals surface area contributed by atoms with Crippen molar-refractivity contribution in [2.24, 2.45) is 0 Å². The van der Waals surface area contributed by atoms with Crippen molar-refractivity contribution in [2.45, 2.75) is 45.3 Å². The lowest BCUT2D eigenvalue weighted by atomic mass is 10.0. The van der Waals surface area contributed by atoms with Gasteiger partial charge in [0.15, 0.2) is 0 Å². The van der Waals surface area contributed by atoms with Crippen LogP contribution in [0.15, 0.2) is 48.5 Å². The van der Waals surface area contributed by atoms with Crippen molar-refractivity contribution in [1.82, 2.24) is 9.21 Å². The standard InChI is InChI=1S/C24H32N2O5S/c1-19-5-4-6-24(27)26(19)15-16-32(28,29)25(17-20-7-11-22(30-2)12-8-20)18-21-9-13-23(31-3)14-10-21/h7-14,19H,4-6,15-18H2,1-3H3/t19-/m0/s1. The lowest BCUT2D eigenvalue weighted by molar-refractivity contribution is -0.135. The van der Waals surface area contributed by atoms with Crippen molar-refractivity contribution in [3.8, 4) is 11.5 Å². The highest BCUT2D eigenvalue weighted by molar-refractivity contribution is 7.89. The lowest BCUT2D eigenvalue weighted by Gasteiger charge is -2.34. The highest BCUT2D eigenvalue weighted by Gasteiger charge is 2.29. The van der Waals surface area contributed by atoms with Crippen LogP contribution in [0.4, 0.5) is 0 Å². The Morgan fingerprint density at radius 2 is 1.44 bits per heavy atom. The van der Waals surface area contributed by atoms with Crippen LogP contribution in [0, 0.1) is 0 Å². The molecule has 0 radical (unpaired) electrons. The first-order valence-electron chi connectivity index (χ1n) is 10.9. The van der Waals surface area contributed by atoms with Crippen molar-refractivity contribution in [1.29, 1.82) is 0 Å². The monoisotopic (exact) mass is 460 g/mol. The fourth-order valence-electron chi connectivity index (χ4n) is 3.90. The summed E-state index contributed by atoms with van der Waals surface area (Å²) in [4.78, 5) is 14.0. The normalized spacial score (nSPS) is 16.9. The molecule has 0 saturated carbocycles. The van der Waals surface area contributed by atoms with Crippen LogP contribution in [0.5, 0.6) is 11.5 Å². The van der Waals surface area contributed by atoms with Crippen LogP contribution in [0.1, 0.15) is 37.3 Å². The Labute approximate surface area is 191 Å². The minimum atomic E-state index is -3.62. The fraction of sp³-hybridized carbons (Fsp3) is 0.458. The molecular weight excluding hydrogens is 428 g/mol. The summed E-state index contributed by atoms with van der Waals surface area (Å²) in [6.45, 7) is 2.67. The van der Waals surface area contributed by atoms with Gasteiger partial charge in [-0.15, -0.1) is 0 Å². The van der Waals surface area contributed by atoms with Crippen molar-refractivity contribution in [3.63, 3.8) is 0 Å². The third-order valence-electron chi connectivity index (χ3n) is 5.88. The molecule has 7 nitrogen and oxygen atoms in total. The van der Waals surface area contributed by atoms with Crippen LogP contribution in [0.25, 0.3) is 0 Å². The molecule has 1 saturated heterocycles. The number of hydrogen-bond acceptors (Lipinski definition) is 5. The maximum absolute atomic E-state index is 13.4. The number of methoxy groups -OCH3 is 2. The number of piperidine rings is 1. The highest BCUT2D eigenvalue weighted by atomic mass is 32.2. The van der Waals surface area contributed by atoms with Crippen molar-refractivity contribution >= 4 is 15.9 Å². The fourth-order valence-corrected chi connectivity index (χ4v) is 5.28. The van der Waals surface area contributed by atoms with Crippen molar-refractivity contribution < 1.29 is 22.7 Å². The summed E-state index contributed by atoms with van der Waals surface area (Å²) in [6.07, 6.45) is 2.27. The number of sulfonamides is 1. The Kier molecular flexibility index (Phi) is 8.15. The zero-order valence-electron chi connectivity index (χ0n) is 19.0. The Morgan fingerprint density at radius 3 is 1.88 bits per heavy atom. The number of benzene rings is 2. The molecule has 1 amide bonds. The Hall–Kier alpha value is -2.58. The van der Waals surface area contributed by atoms with Gasteiger partial charge in [-0.1, -0.05) is 24.3 Å². The number of amides is 1. The van der Waals surface area contributed by atoms with E-state index in [1.807, 2.05) is 55.5 Å². The predicted molar refractivity (Wildman–Crippen MR) is 124 cm³/mol. The maximum atomic E-state index is 13.4. The SMILES string of the molecule is COc1ccc(CN(Cc2ccc(OC)cc2)S(=O)(=O)CCN2C(=O)CCC[C@@H]2C)cc1. The van der Waals surface area contributed by atoms with Gasteiger partial charge in [-0.3, -0.25) is 4.79 Å². The molecule has 3 rings (SSSR count). The zero-order chi connectivity index (χ0) is 23.1. The van der Waals surface area contributed by atoms with Gasteiger partial charge in [0.1, 0.15) is 11.5 Å². The van der Waals surface area contributed by atoms with E-state index in [0.29, 0.717) is 6.42 Å². The summed E-state index contributed by atoms with van der Waals surface area (Å²) < 4.78 is 38.6. The number of ether oxygens (including phenoxy) is 2. The summed E-state index contributed by atoms with van der Waals surface area (Å²) >= 11 is 0. The first kappa shape index (κ1) is 24.1. The van der Waals surface area contributed by atoms with E-state index in [1.54, 1.807) is 19.1 Å². The molecule has 0 unspecified atom stereocenters. The molecule has 0 bridgehead atoms. The zero-order valence-corrected chi connectivity index (χ0v) is 19.8. The number of carbonyl (C=O) groups excluding carboxylic acids is 1. The Bertz CT molecular complexity index is 941. The van der Waals surface area contributed by atoms with Crippen molar-refractivity contribution in [2.75, 3.05) is 26.5 Å². The van der Waals surface area contributed by atoms with E-state index in [2.05, 4.69) is 0 Å². The second kappa shape index (κ2) is 10.8. The molecule has 32 heavy (non-hydrogen) atoms. The third kappa shape index (κ3) is 6.23. The number of hydrogen-bond donors (Lipinski definition) is 0. The smallest absolute Gasteiger partial charge is 0.222 e. The first-order valence-corrected chi connectivity index (χ1v) is 12.5. The van der Waals surface area contributed by atoms with Crippen LogP contribution in [-0.4, -0.2) is 56.1 Å². The summed E-state index contributed by atoms with van der Waals surface area (Å²) in [6, 6.07) is 14.8. The molecule has 2 aromatic rings. The second-order valence-corrected chi connectivity index (χ2v) is 10.2. The number of carbonyl (C=O) groups is 1. The summed E-state index contributed by atoms with van der Waals surface area (Å²) in [5.74, 6) is 1.37. The largest absolute Gasteiger partial charge is 0.497 e. The van der Waals surface area contributed by atoms with Crippen LogP contribution >= 0.6 is 0 Å². The van der Waals surface area contributed by atoms with Crippen LogP contribution < -0.4 is 9.47 Å². The number of rotatable bonds is 10. The van der Waals surface area contributed by atoms with Gasteiger partial charge < -0.3 is 14.4 Å². The van der Waals surface area contributed by atoms with E-state index >= 15 is 0 Å². The van der Waals surface area contributed by atoms with Gasteiger partial charge in [0, 0.05) is 32.1 Å². The third-order valence-corrected chi connectivity index (χ3v) is 7.63. The van der Waals surface area contributed by atoms with E-state index in [1.165, 1.54) is 4.31 Å². The van der Waals surface area contributed by atoms with E-state index < -0.39 is 10.0 Å². The quantitative estimate of drug-likeness (QED) is 0.543. The van der Waals surface area contributed by atoms with Gasteiger partial charge in [0.2, 0.25) is 15.9 Å². The molecule has 0 spiro atoms. The number of likely N-dealkylation sites (tertiary alicyclic amines) is 1. The van der Waals surface area contributed by atoms with Gasteiger partial charge in [0.05, 0.1) is 20.0 Å². The molecule has 1 aliphatic heterocycles. The van der Waals surface area contributed by atoms with Crippen LogP contribution in [-0.2, 0) is 27.9 Å². The molecule has 0 N–H and O–H groups in total. The topological polar surface area (TPSA) is 76.2 Å². The lowest BCUT2D eigenvalue weighted by Crippen LogP contribution is -2.45. The van der Waals surface area contributed by atoms with Gasteiger partial charge in [-0.25, -0.2) is 8.42 Å². The van der Waals surface area contributed by atoms with Gasteiger partial charge in [-0.05, 0) is 55.2 Å². The van der Waals surface area contributed by atoms with Crippen molar-refractivity contribution in [3.05, 3.63) is 59.7 Å². The molecule has 1 fully saturated rings. The van der Waals surface area contributed by atoms with Crippen LogP contribution in [0.2, 0.25) is 0 Å². The summed E-state index contributed by atoms with van der Waals surface area (Å²) in [7, 11) is -0.428. The average molecular weight is 461 g/mol. The molecule has 8 heteroatoms. The van der Waals surface area contributed by atoms with E-state index in [0.717, 1.165) is 35.5 Å². The van der Waals surface area contributed by atoms with E-state index in [9.17, 15) is 13.2 Å². The molecule has 2 aromatic carbocycles. The van der Waals surface area contributed by atoms with Gasteiger partial charge in [-0.2, -0.15) is 4.31 Å². The van der Waals surface area contributed by atoms with E-state index in [-0.39, 0.29) is 37.3 Å². The highest BCUT2D eigenvalue weighted by Crippen LogP contribution is 2.21. The second-order valence-electron chi connectivity index (χ2n) is 8.11. The molecular formula is C24H32N2O5S. The first-order chi connectivity index (χ1) is 15.3. The summed E-state index contributed by atoms with van der Waals surface area (Å²) in [5, 5.41) is 0. The van der Waals surface area contributed by atoms with Gasteiger partial charge >= 0.3 is 0 Å². The molecule has 0 aliphatic carbocycles. The van der Waals surface area contributed by atoms with Gasteiger partial charge in [0.25, 0.3) is 0 Å². The molecule has 1 heterocycles. The predicted octanol–water partition coefficient (Wildman–Crippen LogP) is 3.44. The molecule has 0 aromatic heterocycles.